The van der Waals surface area contributed by atoms with Gasteiger partial charge in [-0.05, 0) is 6.42 Å². The van der Waals surface area contributed by atoms with E-state index in [4.69, 9.17) is 10.2 Å². The van der Waals surface area contributed by atoms with Crippen LogP contribution in [0.5, 0.6) is 0 Å². The number of rotatable bonds is 4. The summed E-state index contributed by atoms with van der Waals surface area (Å²) in [7, 11) is 0. The molecule has 0 heterocycles. The minimum atomic E-state index is -0.616. The zero-order valence-electron chi connectivity index (χ0n) is 5.91. The Balaban J connectivity index is 3.65. The molecule has 0 saturated heterocycles. The summed E-state index contributed by atoms with van der Waals surface area (Å²) < 4.78 is 4.24. The van der Waals surface area contributed by atoms with Gasteiger partial charge in [-0.25, -0.2) is 0 Å². The Hall–Kier alpha value is -0.610. The van der Waals surface area contributed by atoms with Crippen molar-refractivity contribution in [2.75, 3.05) is 13.4 Å². The molecule has 0 aliphatic rings. The summed E-state index contributed by atoms with van der Waals surface area (Å²) in [6, 6.07) is 0. The Morgan fingerprint density at radius 2 is 2.20 bits per heavy atom. The molecule has 0 aromatic rings. The first-order chi connectivity index (χ1) is 4.76. The van der Waals surface area contributed by atoms with Crippen LogP contribution in [0.3, 0.4) is 0 Å². The summed E-state index contributed by atoms with van der Waals surface area (Å²) in [6.07, 6.45) is 0.523. The molecule has 0 fully saturated rings. The Morgan fingerprint density at radius 3 is 2.50 bits per heavy atom. The van der Waals surface area contributed by atoms with E-state index >= 15 is 0 Å². The van der Waals surface area contributed by atoms with Crippen LogP contribution < -0.4 is 0 Å². The number of carbonyl (C=O) groups excluding carboxylic acids is 1. The molecule has 1 atom stereocenters. The molecule has 1 unspecified atom stereocenters. The van der Waals surface area contributed by atoms with Crippen LogP contribution in [0.15, 0.2) is 0 Å². The maximum absolute atomic E-state index is 10.7. The molecule has 0 rings (SSSR count). The van der Waals surface area contributed by atoms with Gasteiger partial charge in [0, 0.05) is 0 Å². The lowest BCUT2D eigenvalue weighted by atomic mass is 10.1. The predicted molar refractivity (Wildman–Crippen MR) is 34.0 cm³/mol. The van der Waals surface area contributed by atoms with E-state index in [-0.39, 0.29) is 6.61 Å². The van der Waals surface area contributed by atoms with Crippen molar-refractivity contribution in [2.24, 2.45) is 5.92 Å². The zero-order valence-corrected chi connectivity index (χ0v) is 5.91. The maximum Gasteiger partial charge on any atom is 0.313 e. The van der Waals surface area contributed by atoms with Gasteiger partial charge >= 0.3 is 5.97 Å². The van der Waals surface area contributed by atoms with Gasteiger partial charge in [-0.2, -0.15) is 0 Å². The molecule has 4 nitrogen and oxygen atoms in total. The van der Waals surface area contributed by atoms with Crippen molar-refractivity contribution in [3.63, 3.8) is 0 Å². The second-order valence-electron chi connectivity index (χ2n) is 1.88. The highest BCUT2D eigenvalue weighted by Gasteiger charge is 2.15. The SMILES string of the molecule is CCC(CO)C(=O)OCO. The molecule has 60 valence electrons. The van der Waals surface area contributed by atoms with E-state index in [0.717, 1.165) is 0 Å². The minimum absolute atomic E-state index is 0.227. The summed E-state index contributed by atoms with van der Waals surface area (Å²) in [6.45, 7) is 0.921. The lowest BCUT2D eigenvalue weighted by molar-refractivity contribution is -0.158. The third-order valence-electron chi connectivity index (χ3n) is 1.25. The average Bonchev–Trinajstić information content (AvgIpc) is 1.91. The second-order valence-corrected chi connectivity index (χ2v) is 1.88. The molecular weight excluding hydrogens is 136 g/mol. The minimum Gasteiger partial charge on any atom is -0.438 e. The highest BCUT2D eigenvalue weighted by molar-refractivity contribution is 5.72. The zero-order chi connectivity index (χ0) is 7.98. The van der Waals surface area contributed by atoms with Gasteiger partial charge < -0.3 is 14.9 Å². The van der Waals surface area contributed by atoms with Gasteiger partial charge in [0.1, 0.15) is 0 Å². The topological polar surface area (TPSA) is 66.8 Å². The Kier molecular flexibility index (Phi) is 4.88. The molecule has 0 aliphatic carbocycles. The monoisotopic (exact) mass is 148 g/mol. The van der Waals surface area contributed by atoms with Gasteiger partial charge in [0.25, 0.3) is 0 Å². The Labute approximate surface area is 59.4 Å². The van der Waals surface area contributed by atoms with Gasteiger partial charge in [0.05, 0.1) is 12.5 Å². The fourth-order valence-electron chi connectivity index (χ4n) is 0.552. The molecule has 0 spiro atoms. The summed E-state index contributed by atoms with van der Waals surface area (Å²) in [5, 5.41) is 16.7. The van der Waals surface area contributed by atoms with Crippen LogP contribution in [-0.4, -0.2) is 29.6 Å². The van der Waals surface area contributed by atoms with Crippen LogP contribution in [0.4, 0.5) is 0 Å². The molecule has 0 aromatic carbocycles. The van der Waals surface area contributed by atoms with Crippen LogP contribution in [0, 0.1) is 5.92 Å². The lowest BCUT2D eigenvalue weighted by Crippen LogP contribution is -2.20. The summed E-state index contributed by atoms with van der Waals surface area (Å²) in [5.74, 6) is -1.04. The second kappa shape index (κ2) is 5.20. The number of esters is 1. The van der Waals surface area contributed by atoms with Crippen molar-refractivity contribution in [3.05, 3.63) is 0 Å². The molecule has 4 heteroatoms. The number of aliphatic hydroxyl groups excluding tert-OH is 2. The molecule has 2 N–H and O–H groups in total. The molecule has 0 amide bonds. The Bertz CT molecular complexity index is 97.9. The fraction of sp³-hybridized carbons (Fsp3) is 0.833. The van der Waals surface area contributed by atoms with E-state index in [0.29, 0.717) is 6.42 Å². The molecule has 10 heavy (non-hydrogen) atoms. The van der Waals surface area contributed by atoms with Gasteiger partial charge in [-0.15, -0.1) is 0 Å². The van der Waals surface area contributed by atoms with E-state index in [1.165, 1.54) is 0 Å². The van der Waals surface area contributed by atoms with Crippen LogP contribution >= 0.6 is 0 Å². The third kappa shape index (κ3) is 2.80. The van der Waals surface area contributed by atoms with Crippen molar-refractivity contribution < 1.29 is 19.7 Å². The number of aliphatic hydroxyl groups is 2. The smallest absolute Gasteiger partial charge is 0.313 e. The standard InChI is InChI=1S/C6H12O4/c1-2-5(3-7)6(9)10-4-8/h5,7-8H,2-4H2,1H3. The Morgan fingerprint density at radius 1 is 1.60 bits per heavy atom. The van der Waals surface area contributed by atoms with E-state index in [1.54, 1.807) is 6.92 Å². The number of hydrogen-bond donors (Lipinski definition) is 2. The predicted octanol–water partition coefficient (Wildman–Crippen LogP) is -0.502. The lowest BCUT2D eigenvalue weighted by Gasteiger charge is -2.08. The number of hydrogen-bond acceptors (Lipinski definition) is 4. The first-order valence-corrected chi connectivity index (χ1v) is 3.14. The van der Waals surface area contributed by atoms with Crippen molar-refractivity contribution in [1.82, 2.24) is 0 Å². The van der Waals surface area contributed by atoms with E-state index < -0.39 is 18.7 Å². The molecule has 0 aliphatic heterocycles. The summed E-state index contributed by atoms with van der Waals surface area (Å²) >= 11 is 0. The quantitative estimate of drug-likeness (QED) is 0.416. The normalized spacial score (nSPS) is 12.7. The first-order valence-electron chi connectivity index (χ1n) is 3.14. The van der Waals surface area contributed by atoms with E-state index in [9.17, 15) is 4.79 Å². The largest absolute Gasteiger partial charge is 0.438 e. The highest BCUT2D eigenvalue weighted by Crippen LogP contribution is 2.02. The average molecular weight is 148 g/mol. The van der Waals surface area contributed by atoms with E-state index in [2.05, 4.69) is 4.74 Å². The molecule has 0 aromatic heterocycles. The van der Waals surface area contributed by atoms with Crippen molar-refractivity contribution >= 4 is 5.97 Å². The third-order valence-corrected chi connectivity index (χ3v) is 1.25. The van der Waals surface area contributed by atoms with Crippen molar-refractivity contribution in [2.45, 2.75) is 13.3 Å². The summed E-state index contributed by atoms with van der Waals surface area (Å²) in [5.41, 5.74) is 0. The summed E-state index contributed by atoms with van der Waals surface area (Å²) in [4.78, 5) is 10.7. The molecule has 0 bridgehead atoms. The van der Waals surface area contributed by atoms with Crippen molar-refractivity contribution in [3.8, 4) is 0 Å². The number of ether oxygens (including phenoxy) is 1. The molecule has 0 radical (unpaired) electrons. The van der Waals surface area contributed by atoms with Gasteiger partial charge in [0.15, 0.2) is 6.79 Å². The van der Waals surface area contributed by atoms with Crippen LogP contribution in [-0.2, 0) is 9.53 Å². The fourth-order valence-corrected chi connectivity index (χ4v) is 0.552. The molecular formula is C6H12O4. The van der Waals surface area contributed by atoms with Crippen molar-refractivity contribution in [1.29, 1.82) is 0 Å². The van der Waals surface area contributed by atoms with Gasteiger partial charge in [-0.3, -0.25) is 4.79 Å². The number of carbonyl (C=O) groups is 1. The van der Waals surface area contributed by atoms with Crippen LogP contribution in [0.1, 0.15) is 13.3 Å². The van der Waals surface area contributed by atoms with Crippen LogP contribution in [0.25, 0.3) is 0 Å². The maximum atomic E-state index is 10.7. The van der Waals surface area contributed by atoms with Gasteiger partial charge in [0.2, 0.25) is 0 Å². The molecule has 0 saturated carbocycles. The van der Waals surface area contributed by atoms with Gasteiger partial charge in [-0.1, -0.05) is 6.92 Å². The first kappa shape index (κ1) is 9.39. The van der Waals surface area contributed by atoms with Crippen LogP contribution in [0.2, 0.25) is 0 Å². The van der Waals surface area contributed by atoms with E-state index in [1.807, 2.05) is 0 Å². The highest BCUT2D eigenvalue weighted by atomic mass is 16.6.